The molecule has 0 aliphatic carbocycles. The molecule has 4 aliphatic heterocycles. The lowest BCUT2D eigenvalue weighted by Crippen LogP contribution is -2.37. The Morgan fingerprint density at radius 2 is 0.937 bits per heavy atom. The third kappa shape index (κ3) is 11.5. The molecule has 2 unspecified atom stereocenters. The molecule has 8 aromatic rings. The molecule has 8 atom stereocenters. The van der Waals surface area contributed by atoms with E-state index >= 15 is 0 Å². The molecule has 0 spiro atoms. The summed E-state index contributed by atoms with van der Waals surface area (Å²) in [6.45, 7) is 0.945. The van der Waals surface area contributed by atoms with Gasteiger partial charge >= 0.3 is 5.97 Å². The minimum atomic E-state index is -0.727. The minimum Gasteiger partial charge on any atom is -0.483 e. The van der Waals surface area contributed by atoms with Crippen molar-refractivity contribution in [3.63, 3.8) is 0 Å². The number of esters is 1. The van der Waals surface area contributed by atoms with E-state index in [0.29, 0.717) is 38.5 Å². The van der Waals surface area contributed by atoms with Crippen LogP contribution in [0, 0.1) is 34.3 Å². The van der Waals surface area contributed by atoms with E-state index in [0.717, 1.165) is 5.56 Å². The molecule has 1 N–H and O–H groups in total. The lowest BCUT2D eigenvalue weighted by molar-refractivity contribution is -0.0189. The Balaban J connectivity index is 0.000000157. The molecule has 4 aliphatic rings. The monoisotopic (exact) mass is 1090 g/mol. The van der Waals surface area contributed by atoms with E-state index in [1.54, 1.807) is 121 Å². The molecule has 0 radical (unpaired) electrons. The standard InChI is InChI=1S/C30H23FN2O6.C23H19FN2O5.C7H5ClO/c31-20-12-10-18(11-13-20)15-33-23-9-5-4-8-21(23)26(22(14-32)29(33)34)38-24-16-36-28-25(17-37-27(24)28)39-30(35)19-6-2-1-3-7-19;24-14-7-5-13(6-8-14)10-26-17-4-2-1-3-15(17)20(16(9-25)23(26)28)31-19-12-30-21-18(27)11-29-22(19)21;8-7(9)6-4-2-1-3-5-6/h1-13,24-25,27-28H,15-17H2;1-8,18-19,21-22,27H,10-12H2;1-5H/t24?,25-,27+,28+;18-,19?,21+,22+;/m00./s1. The largest absolute Gasteiger partial charge is 0.483 e. The molecule has 0 amide bonds. The van der Waals surface area contributed by atoms with Crippen LogP contribution in [0.1, 0.15) is 43.0 Å². The molecule has 4 fully saturated rings. The zero-order chi connectivity index (χ0) is 55.2. The molecule has 2 aromatic heterocycles. The number of nitrogens with zero attached hydrogens (tertiary/aromatic N) is 4. The number of carbonyl (C=O) groups is 2. The van der Waals surface area contributed by atoms with Crippen LogP contribution in [0.15, 0.2) is 167 Å². The first-order valence-electron chi connectivity index (χ1n) is 25.0. The summed E-state index contributed by atoms with van der Waals surface area (Å²) in [6, 6.07) is 47.4. The van der Waals surface area contributed by atoms with Crippen LogP contribution in [-0.4, -0.2) is 101 Å². The van der Waals surface area contributed by atoms with Gasteiger partial charge in [-0.05, 0) is 83.4 Å². The molecule has 6 heterocycles. The molecular weight excluding hydrogens is 1040 g/mol. The van der Waals surface area contributed by atoms with E-state index in [9.17, 15) is 43.6 Å². The van der Waals surface area contributed by atoms with Crippen LogP contribution in [0.5, 0.6) is 11.5 Å². The maximum absolute atomic E-state index is 13.5. The molecule has 79 heavy (non-hydrogen) atoms. The Morgan fingerprint density at radius 3 is 1.39 bits per heavy atom. The van der Waals surface area contributed by atoms with E-state index in [4.69, 9.17) is 44.8 Å². The molecule has 16 nitrogen and oxygen atoms in total. The van der Waals surface area contributed by atoms with Gasteiger partial charge in [0.05, 0.1) is 56.1 Å². The summed E-state index contributed by atoms with van der Waals surface area (Å²) in [4.78, 5) is 49.7. The first-order valence-corrected chi connectivity index (χ1v) is 25.4. The Labute approximate surface area is 454 Å². The van der Waals surface area contributed by atoms with Crippen molar-refractivity contribution in [2.75, 3.05) is 26.4 Å². The van der Waals surface area contributed by atoms with Crippen molar-refractivity contribution in [2.45, 2.75) is 61.9 Å². The van der Waals surface area contributed by atoms with Gasteiger partial charge in [0.25, 0.3) is 16.4 Å². The van der Waals surface area contributed by atoms with Crippen molar-refractivity contribution in [1.29, 1.82) is 10.5 Å². The Kier molecular flexibility index (Phi) is 16.3. The number of ether oxygens (including phenoxy) is 7. The number of aromatic nitrogens is 2. The molecule has 0 bridgehead atoms. The summed E-state index contributed by atoms with van der Waals surface area (Å²) in [5, 5.41) is 30.5. The van der Waals surface area contributed by atoms with Gasteiger partial charge in [-0.1, -0.05) is 97.1 Å². The van der Waals surface area contributed by atoms with Crippen molar-refractivity contribution < 1.29 is 56.6 Å². The number of nitriles is 2. The number of halogens is 3. The summed E-state index contributed by atoms with van der Waals surface area (Å²) < 4.78 is 70.8. The van der Waals surface area contributed by atoms with E-state index in [1.807, 2.05) is 24.3 Å². The average Bonchev–Trinajstić information content (AvgIpc) is 4.35. The summed E-state index contributed by atoms with van der Waals surface area (Å²) in [6.07, 6.45) is -4.57. The maximum Gasteiger partial charge on any atom is 0.338 e. The number of rotatable bonds is 11. The quantitative estimate of drug-likeness (QED) is 0.0966. The molecule has 6 aromatic carbocycles. The first-order chi connectivity index (χ1) is 38.4. The fraction of sp³-hybridized carbons (Fsp3) is 0.233. The van der Waals surface area contributed by atoms with Gasteiger partial charge in [0.2, 0.25) is 0 Å². The van der Waals surface area contributed by atoms with Gasteiger partial charge in [0.15, 0.2) is 40.9 Å². The fourth-order valence-electron chi connectivity index (χ4n) is 9.88. The van der Waals surface area contributed by atoms with E-state index in [-0.39, 0.29) is 73.8 Å². The third-order valence-corrected chi connectivity index (χ3v) is 14.0. The molecule has 4 saturated heterocycles. The minimum absolute atomic E-state index is 0.122. The second kappa shape index (κ2) is 24.0. The van der Waals surface area contributed by atoms with Crippen LogP contribution in [0.3, 0.4) is 0 Å². The highest BCUT2D eigenvalue weighted by atomic mass is 35.5. The number of aliphatic hydroxyl groups is 1. The number of carbonyl (C=O) groups excluding carboxylic acids is 2. The van der Waals surface area contributed by atoms with Crippen molar-refractivity contribution in [3.8, 4) is 23.6 Å². The number of fused-ring (bicyclic) bond motifs is 4. The second-order valence-corrected chi connectivity index (χ2v) is 19.1. The number of hydrogen-bond acceptors (Lipinski definition) is 14. The van der Waals surface area contributed by atoms with Crippen molar-refractivity contribution in [1.82, 2.24) is 9.13 Å². The van der Waals surface area contributed by atoms with Crippen LogP contribution >= 0.6 is 11.6 Å². The predicted octanol–water partition coefficient (Wildman–Crippen LogP) is 7.86. The van der Waals surface area contributed by atoms with Crippen LogP contribution in [0.4, 0.5) is 8.78 Å². The van der Waals surface area contributed by atoms with Crippen LogP contribution in [0.2, 0.25) is 0 Å². The van der Waals surface area contributed by atoms with Gasteiger partial charge in [-0.2, -0.15) is 10.5 Å². The van der Waals surface area contributed by atoms with E-state index in [2.05, 4.69) is 0 Å². The van der Waals surface area contributed by atoms with Gasteiger partial charge in [-0.3, -0.25) is 14.4 Å². The van der Waals surface area contributed by atoms with E-state index in [1.165, 1.54) is 33.4 Å². The van der Waals surface area contributed by atoms with Crippen LogP contribution in [0.25, 0.3) is 21.8 Å². The molecule has 12 rings (SSSR count). The summed E-state index contributed by atoms with van der Waals surface area (Å²) in [5.41, 5.74) is 2.28. The van der Waals surface area contributed by atoms with Crippen molar-refractivity contribution >= 4 is 44.6 Å². The van der Waals surface area contributed by atoms with Gasteiger partial charge in [-0.25, -0.2) is 13.6 Å². The Bertz CT molecular complexity index is 3740. The normalized spacial score (nSPS) is 21.5. The SMILES string of the molecule is N#Cc1c(OC2CO[C@@H]3[C@@H](OC(=O)c4ccccc4)CO[C@H]23)c2ccccc2n(Cc2ccc(F)cc2)c1=O.N#Cc1c(OC2CO[C@H]3[C@@H]2OC[C@@H]3O)c2ccccc2n(Cc2ccc(F)cc2)c1=O.O=C(Cl)c1ccccc1. The fourth-order valence-corrected chi connectivity index (χ4v) is 10.0. The van der Waals surface area contributed by atoms with Gasteiger partial charge in [-0.15, -0.1) is 0 Å². The predicted molar refractivity (Wildman–Crippen MR) is 283 cm³/mol. The van der Waals surface area contributed by atoms with Crippen molar-refractivity contribution in [2.24, 2.45) is 0 Å². The number of pyridine rings is 2. The smallest absolute Gasteiger partial charge is 0.338 e. The highest BCUT2D eigenvalue weighted by Gasteiger charge is 2.51. The second-order valence-electron chi connectivity index (χ2n) is 18.7. The number of hydrogen-bond donors (Lipinski definition) is 1. The zero-order valence-electron chi connectivity index (χ0n) is 41.7. The topological polar surface area (TPSA) is 211 Å². The lowest BCUT2D eigenvalue weighted by Gasteiger charge is -2.21. The molecular formula is C60H47ClF2N4O12. The number of benzene rings is 6. The van der Waals surface area contributed by atoms with Crippen molar-refractivity contribution in [3.05, 3.63) is 223 Å². The van der Waals surface area contributed by atoms with Gasteiger partial charge < -0.3 is 47.4 Å². The molecule has 19 heteroatoms. The number of para-hydroxylation sites is 2. The van der Waals surface area contributed by atoms with Crippen LogP contribution in [-0.2, 0) is 36.8 Å². The summed E-state index contributed by atoms with van der Waals surface area (Å²) in [5.74, 6) is -0.881. The van der Waals surface area contributed by atoms with Gasteiger partial charge in [0, 0.05) is 16.3 Å². The molecule has 0 saturated carbocycles. The summed E-state index contributed by atoms with van der Waals surface area (Å²) >= 11 is 5.16. The third-order valence-electron chi connectivity index (χ3n) is 13.7. The highest BCUT2D eigenvalue weighted by Crippen LogP contribution is 2.37. The Morgan fingerprint density at radius 1 is 0.544 bits per heavy atom. The highest BCUT2D eigenvalue weighted by molar-refractivity contribution is 6.67. The number of aliphatic hydroxyl groups excluding tert-OH is 1. The summed E-state index contributed by atoms with van der Waals surface area (Å²) in [7, 11) is 0. The molecule has 400 valence electrons. The van der Waals surface area contributed by atoms with Crippen LogP contribution < -0.4 is 20.6 Å². The zero-order valence-corrected chi connectivity index (χ0v) is 42.5. The van der Waals surface area contributed by atoms with Gasteiger partial charge in [0.1, 0.15) is 54.3 Å². The maximum atomic E-state index is 13.5. The Hall–Kier alpha value is -8.59. The first kappa shape index (κ1) is 53.8. The average molecular weight is 1090 g/mol. The van der Waals surface area contributed by atoms with E-state index < -0.39 is 71.2 Å². The lowest BCUT2D eigenvalue weighted by atomic mass is 10.1.